The van der Waals surface area contributed by atoms with Crippen LogP contribution in [0, 0.1) is 5.92 Å². The average Bonchev–Trinajstić information content (AvgIpc) is 2.53. The maximum atomic E-state index is 12.7. The Hall–Kier alpha value is -0.610. The highest BCUT2D eigenvalue weighted by molar-refractivity contribution is 5.82. The van der Waals surface area contributed by atoms with Crippen LogP contribution < -0.4 is 0 Å². The molecule has 2 rings (SSSR count). The number of hydrogen-bond donors (Lipinski definition) is 0. The molecule has 22 heavy (non-hydrogen) atoms. The fourth-order valence-electron chi connectivity index (χ4n) is 3.97. The summed E-state index contributed by atoms with van der Waals surface area (Å²) in [5, 5.41) is 0. The molecule has 0 aromatic heterocycles. The van der Waals surface area contributed by atoms with E-state index >= 15 is 0 Å². The molecule has 4 heteroatoms. The second-order valence-electron chi connectivity index (χ2n) is 7.40. The van der Waals surface area contributed by atoms with Gasteiger partial charge in [0, 0.05) is 32.7 Å². The van der Waals surface area contributed by atoms with Crippen molar-refractivity contribution < 1.29 is 4.79 Å². The first-order chi connectivity index (χ1) is 10.6. The average molecular weight is 309 g/mol. The van der Waals surface area contributed by atoms with E-state index in [0.29, 0.717) is 5.91 Å². The number of amides is 1. The molecule has 1 aliphatic carbocycles. The summed E-state index contributed by atoms with van der Waals surface area (Å²) in [4.78, 5) is 19.5. The zero-order chi connectivity index (χ0) is 15.9. The first-order valence-corrected chi connectivity index (χ1v) is 9.29. The molecule has 1 amide bonds. The third kappa shape index (κ3) is 4.95. The maximum Gasteiger partial charge on any atom is 0.239 e. The van der Waals surface area contributed by atoms with E-state index in [-0.39, 0.29) is 6.04 Å². The van der Waals surface area contributed by atoms with Crippen molar-refractivity contribution in [3.63, 3.8) is 0 Å². The summed E-state index contributed by atoms with van der Waals surface area (Å²) in [5.74, 6) is 1.25. The second kappa shape index (κ2) is 8.88. The summed E-state index contributed by atoms with van der Waals surface area (Å²) < 4.78 is 0. The predicted octanol–water partition coefficient (Wildman–Crippen LogP) is 2.44. The molecule has 1 unspecified atom stereocenters. The third-order valence-corrected chi connectivity index (χ3v) is 5.40. The van der Waals surface area contributed by atoms with Crippen LogP contribution in [-0.4, -0.2) is 73.5 Å². The highest BCUT2D eigenvalue weighted by Gasteiger charge is 2.29. The molecule has 2 fully saturated rings. The summed E-state index contributed by atoms with van der Waals surface area (Å²) in [5.41, 5.74) is 0. The molecule has 1 heterocycles. The number of hydrogen-bond acceptors (Lipinski definition) is 3. The molecule has 0 bridgehead atoms. The predicted molar refractivity (Wildman–Crippen MR) is 92.0 cm³/mol. The van der Waals surface area contributed by atoms with Crippen molar-refractivity contribution in [2.75, 3.05) is 46.8 Å². The number of carbonyl (C=O) groups is 1. The van der Waals surface area contributed by atoms with Crippen molar-refractivity contribution in [2.45, 2.75) is 57.9 Å². The Labute approximate surface area is 136 Å². The zero-order valence-electron chi connectivity index (χ0n) is 14.9. The SMILES string of the molecule is CCCC(C(=O)N1CCN(CC2CCCCC2)CC1)N(C)C. The number of carbonyl (C=O) groups excluding carboxylic acids is 1. The quantitative estimate of drug-likeness (QED) is 0.754. The van der Waals surface area contributed by atoms with Gasteiger partial charge in [0.2, 0.25) is 5.91 Å². The lowest BCUT2D eigenvalue weighted by molar-refractivity contribution is -0.138. The Bertz CT molecular complexity index is 331. The van der Waals surface area contributed by atoms with E-state index in [1.165, 1.54) is 38.6 Å². The number of nitrogens with zero attached hydrogens (tertiary/aromatic N) is 3. The van der Waals surface area contributed by atoms with Crippen LogP contribution in [0.1, 0.15) is 51.9 Å². The van der Waals surface area contributed by atoms with Crippen LogP contribution in [0.2, 0.25) is 0 Å². The molecule has 0 N–H and O–H groups in total. The summed E-state index contributed by atoms with van der Waals surface area (Å²) in [6, 6.07) is 0.0647. The highest BCUT2D eigenvalue weighted by Crippen LogP contribution is 2.24. The molecule has 0 spiro atoms. The third-order valence-electron chi connectivity index (χ3n) is 5.40. The van der Waals surface area contributed by atoms with Crippen molar-refractivity contribution in [2.24, 2.45) is 5.92 Å². The van der Waals surface area contributed by atoms with E-state index < -0.39 is 0 Å². The summed E-state index contributed by atoms with van der Waals surface area (Å²) >= 11 is 0. The van der Waals surface area contributed by atoms with Gasteiger partial charge in [-0.25, -0.2) is 0 Å². The largest absolute Gasteiger partial charge is 0.339 e. The molecule has 2 aliphatic rings. The van der Waals surface area contributed by atoms with Gasteiger partial charge < -0.3 is 4.90 Å². The van der Waals surface area contributed by atoms with Crippen LogP contribution in [0.25, 0.3) is 0 Å². The van der Waals surface area contributed by atoms with Gasteiger partial charge in [0.05, 0.1) is 6.04 Å². The molecular weight excluding hydrogens is 274 g/mol. The Morgan fingerprint density at radius 2 is 1.73 bits per heavy atom. The molecule has 1 saturated heterocycles. The van der Waals surface area contributed by atoms with Crippen molar-refractivity contribution >= 4 is 5.91 Å². The van der Waals surface area contributed by atoms with Crippen molar-refractivity contribution in [3.05, 3.63) is 0 Å². The molecule has 0 radical (unpaired) electrons. The zero-order valence-corrected chi connectivity index (χ0v) is 14.9. The van der Waals surface area contributed by atoms with E-state index in [9.17, 15) is 4.79 Å². The van der Waals surface area contributed by atoms with E-state index in [0.717, 1.165) is 44.9 Å². The fraction of sp³-hybridized carbons (Fsp3) is 0.944. The minimum absolute atomic E-state index is 0.0647. The van der Waals surface area contributed by atoms with Gasteiger partial charge in [-0.15, -0.1) is 0 Å². The van der Waals surface area contributed by atoms with E-state index in [2.05, 4.69) is 21.6 Å². The van der Waals surface area contributed by atoms with Crippen LogP contribution in [0.5, 0.6) is 0 Å². The second-order valence-corrected chi connectivity index (χ2v) is 7.40. The highest BCUT2D eigenvalue weighted by atomic mass is 16.2. The van der Waals surface area contributed by atoms with Gasteiger partial charge in [-0.05, 0) is 39.3 Å². The lowest BCUT2D eigenvalue weighted by atomic mass is 9.89. The fourth-order valence-corrected chi connectivity index (χ4v) is 3.97. The first-order valence-electron chi connectivity index (χ1n) is 9.29. The van der Waals surface area contributed by atoms with Gasteiger partial charge in [0.1, 0.15) is 0 Å². The molecule has 0 aromatic rings. The summed E-state index contributed by atoms with van der Waals surface area (Å²) in [6.07, 6.45) is 9.14. The monoisotopic (exact) mass is 309 g/mol. The standard InChI is InChI=1S/C18H35N3O/c1-4-8-17(19(2)3)18(22)21-13-11-20(12-14-21)15-16-9-6-5-7-10-16/h16-17H,4-15H2,1-3H3. The Kier molecular flexibility index (Phi) is 7.16. The van der Waals surface area contributed by atoms with Crippen LogP contribution >= 0.6 is 0 Å². The molecule has 128 valence electrons. The molecule has 4 nitrogen and oxygen atoms in total. The normalized spacial score (nSPS) is 23.0. The molecule has 1 aliphatic heterocycles. The van der Waals surface area contributed by atoms with Gasteiger partial charge in [-0.1, -0.05) is 32.6 Å². The minimum atomic E-state index is 0.0647. The molecular formula is C18H35N3O. The summed E-state index contributed by atoms with van der Waals surface area (Å²) in [7, 11) is 4.05. The first kappa shape index (κ1) is 17.7. The van der Waals surface area contributed by atoms with Gasteiger partial charge in [-0.3, -0.25) is 14.6 Å². The van der Waals surface area contributed by atoms with Crippen LogP contribution in [-0.2, 0) is 4.79 Å². The van der Waals surface area contributed by atoms with Gasteiger partial charge >= 0.3 is 0 Å². The van der Waals surface area contributed by atoms with E-state index in [1.807, 2.05) is 14.1 Å². The van der Waals surface area contributed by atoms with Crippen LogP contribution in [0.4, 0.5) is 0 Å². The van der Waals surface area contributed by atoms with Crippen LogP contribution in [0.3, 0.4) is 0 Å². The molecule has 0 aromatic carbocycles. The number of piperazine rings is 1. The Morgan fingerprint density at radius 1 is 1.09 bits per heavy atom. The van der Waals surface area contributed by atoms with Gasteiger partial charge in [0.15, 0.2) is 0 Å². The van der Waals surface area contributed by atoms with E-state index in [1.54, 1.807) is 0 Å². The smallest absolute Gasteiger partial charge is 0.239 e. The number of rotatable bonds is 6. The number of likely N-dealkylation sites (N-methyl/N-ethyl adjacent to an activating group) is 1. The van der Waals surface area contributed by atoms with Crippen molar-refractivity contribution in [1.29, 1.82) is 0 Å². The molecule has 1 saturated carbocycles. The Morgan fingerprint density at radius 3 is 2.27 bits per heavy atom. The molecule has 1 atom stereocenters. The van der Waals surface area contributed by atoms with Gasteiger partial charge in [0.25, 0.3) is 0 Å². The lowest BCUT2D eigenvalue weighted by Crippen LogP contribution is -2.54. The summed E-state index contributed by atoms with van der Waals surface area (Å²) in [6.45, 7) is 7.38. The lowest BCUT2D eigenvalue weighted by Gasteiger charge is -2.39. The van der Waals surface area contributed by atoms with Crippen molar-refractivity contribution in [3.8, 4) is 0 Å². The maximum absolute atomic E-state index is 12.7. The van der Waals surface area contributed by atoms with Gasteiger partial charge in [-0.2, -0.15) is 0 Å². The Balaban J connectivity index is 1.76. The van der Waals surface area contributed by atoms with E-state index in [4.69, 9.17) is 0 Å². The minimum Gasteiger partial charge on any atom is -0.339 e. The van der Waals surface area contributed by atoms with Crippen molar-refractivity contribution in [1.82, 2.24) is 14.7 Å². The topological polar surface area (TPSA) is 26.8 Å². The van der Waals surface area contributed by atoms with Crippen LogP contribution in [0.15, 0.2) is 0 Å².